The van der Waals surface area contributed by atoms with E-state index < -0.39 is 4.92 Å². The summed E-state index contributed by atoms with van der Waals surface area (Å²) in [6.45, 7) is 0.395. The fraction of sp³-hybridized carbons (Fsp3) is 0.462. The van der Waals surface area contributed by atoms with E-state index in [1.807, 2.05) is 0 Å². The number of nitrogens with zero attached hydrogens (tertiary/aromatic N) is 1. The molecule has 0 saturated carbocycles. The summed E-state index contributed by atoms with van der Waals surface area (Å²) in [5.41, 5.74) is -0.0305. The van der Waals surface area contributed by atoms with Gasteiger partial charge < -0.3 is 9.47 Å². The minimum atomic E-state index is -0.466. The molecule has 0 amide bonds. The third kappa shape index (κ3) is 5.37. The maximum absolute atomic E-state index is 10.9. The van der Waals surface area contributed by atoms with Crippen LogP contribution in [0.4, 0.5) is 5.69 Å². The monoisotopic (exact) mass is 267 g/mol. The topological polar surface area (TPSA) is 78.7 Å². The Labute approximate surface area is 111 Å². The second-order valence-electron chi connectivity index (χ2n) is 3.96. The Hall–Kier alpha value is -2.11. The van der Waals surface area contributed by atoms with Crippen molar-refractivity contribution >= 4 is 11.7 Å². The molecule has 0 aromatic heterocycles. The predicted molar refractivity (Wildman–Crippen MR) is 69.1 cm³/mol. The average Bonchev–Trinajstić information content (AvgIpc) is 2.42. The molecule has 0 radical (unpaired) electrons. The molecule has 0 N–H and O–H groups in total. The molecule has 0 unspecified atom stereocenters. The Morgan fingerprint density at radius 1 is 1.26 bits per heavy atom. The van der Waals surface area contributed by atoms with Crippen molar-refractivity contribution in [2.75, 3.05) is 13.7 Å². The number of hydrogen-bond donors (Lipinski definition) is 0. The molecule has 0 fully saturated rings. The SMILES string of the molecule is COC(=O)CCCCCOc1ccccc1[N+](=O)[O-]. The number of methoxy groups -OCH3 is 1. The third-order valence-electron chi connectivity index (χ3n) is 2.57. The van der Waals surface area contributed by atoms with Crippen LogP contribution in [0.5, 0.6) is 5.75 Å². The minimum absolute atomic E-state index is 0.0305. The summed E-state index contributed by atoms with van der Waals surface area (Å²) in [4.78, 5) is 21.1. The molecule has 1 rings (SSSR count). The number of carbonyl (C=O) groups is 1. The number of ether oxygens (including phenoxy) is 2. The van der Waals surface area contributed by atoms with Crippen LogP contribution in [0.2, 0.25) is 0 Å². The number of carbonyl (C=O) groups excluding carboxylic acids is 1. The number of benzene rings is 1. The number of esters is 1. The zero-order chi connectivity index (χ0) is 14.1. The summed E-state index contributed by atoms with van der Waals surface area (Å²) in [6.07, 6.45) is 2.67. The smallest absolute Gasteiger partial charge is 0.310 e. The van der Waals surface area contributed by atoms with Gasteiger partial charge in [-0.25, -0.2) is 0 Å². The van der Waals surface area contributed by atoms with Gasteiger partial charge in [0.1, 0.15) is 0 Å². The highest BCUT2D eigenvalue weighted by Gasteiger charge is 2.12. The number of nitro benzene ring substituents is 1. The second-order valence-corrected chi connectivity index (χ2v) is 3.96. The fourth-order valence-corrected chi connectivity index (χ4v) is 1.56. The molecule has 0 aliphatic rings. The third-order valence-corrected chi connectivity index (χ3v) is 2.57. The normalized spacial score (nSPS) is 9.95. The molecule has 1 aromatic rings. The molecule has 1 aromatic carbocycles. The zero-order valence-electron chi connectivity index (χ0n) is 10.8. The van der Waals surface area contributed by atoms with Gasteiger partial charge in [-0.3, -0.25) is 14.9 Å². The van der Waals surface area contributed by atoms with Crippen molar-refractivity contribution in [1.82, 2.24) is 0 Å². The average molecular weight is 267 g/mol. The number of rotatable bonds is 8. The van der Waals surface area contributed by atoms with Gasteiger partial charge in [-0.2, -0.15) is 0 Å². The van der Waals surface area contributed by atoms with E-state index >= 15 is 0 Å². The number of unbranched alkanes of at least 4 members (excludes halogenated alkanes) is 2. The maximum Gasteiger partial charge on any atom is 0.310 e. The van der Waals surface area contributed by atoms with Gasteiger partial charge >= 0.3 is 11.7 Å². The predicted octanol–water partition coefficient (Wildman–Crippen LogP) is 2.71. The van der Waals surface area contributed by atoms with E-state index in [1.54, 1.807) is 18.2 Å². The van der Waals surface area contributed by atoms with Crippen LogP contribution in [0.25, 0.3) is 0 Å². The van der Waals surface area contributed by atoms with Crippen LogP contribution in [-0.4, -0.2) is 24.6 Å². The molecule has 0 spiro atoms. The summed E-state index contributed by atoms with van der Waals surface area (Å²) in [6, 6.07) is 6.28. The summed E-state index contributed by atoms with van der Waals surface area (Å²) in [5, 5.41) is 10.7. The molecule has 0 aliphatic carbocycles. The molecular weight excluding hydrogens is 250 g/mol. The van der Waals surface area contributed by atoms with Gasteiger partial charge in [0.2, 0.25) is 0 Å². The van der Waals surface area contributed by atoms with Crippen LogP contribution in [0, 0.1) is 10.1 Å². The van der Waals surface area contributed by atoms with Crippen molar-refractivity contribution in [3.8, 4) is 5.75 Å². The van der Waals surface area contributed by atoms with E-state index in [4.69, 9.17) is 4.74 Å². The molecule has 6 nitrogen and oxygen atoms in total. The number of nitro groups is 1. The summed E-state index contributed by atoms with van der Waals surface area (Å²) < 4.78 is 9.90. The van der Waals surface area contributed by atoms with Crippen molar-refractivity contribution in [2.24, 2.45) is 0 Å². The number of para-hydroxylation sites is 2. The number of hydrogen-bond acceptors (Lipinski definition) is 5. The first kappa shape index (κ1) is 14.9. The zero-order valence-corrected chi connectivity index (χ0v) is 10.8. The highest BCUT2D eigenvalue weighted by molar-refractivity contribution is 5.68. The molecule has 0 atom stereocenters. The summed E-state index contributed by atoms with van der Waals surface area (Å²) in [7, 11) is 1.36. The summed E-state index contributed by atoms with van der Waals surface area (Å²) in [5.74, 6) is 0.0556. The highest BCUT2D eigenvalue weighted by atomic mass is 16.6. The first-order valence-electron chi connectivity index (χ1n) is 6.08. The largest absolute Gasteiger partial charge is 0.487 e. The van der Waals surface area contributed by atoms with Crippen molar-refractivity contribution in [3.05, 3.63) is 34.4 Å². The standard InChI is InChI=1S/C13H17NO5/c1-18-13(15)9-3-2-6-10-19-12-8-5-4-7-11(12)14(16)17/h4-5,7-8H,2-3,6,9-10H2,1H3. The van der Waals surface area contributed by atoms with Crippen molar-refractivity contribution < 1.29 is 19.2 Å². The lowest BCUT2D eigenvalue weighted by molar-refractivity contribution is -0.385. The molecule has 0 saturated heterocycles. The molecule has 0 heterocycles. The molecule has 0 aliphatic heterocycles. The van der Waals surface area contributed by atoms with Gasteiger partial charge in [0.25, 0.3) is 0 Å². The van der Waals surface area contributed by atoms with Crippen LogP contribution < -0.4 is 4.74 Å². The maximum atomic E-state index is 10.9. The molecule has 0 bridgehead atoms. The Kier molecular flexibility index (Phi) is 6.35. The molecule has 104 valence electrons. The van der Waals surface area contributed by atoms with E-state index in [-0.39, 0.29) is 17.4 Å². The molecular formula is C13H17NO5. The van der Waals surface area contributed by atoms with Crippen LogP contribution in [0.15, 0.2) is 24.3 Å². The Bertz CT molecular complexity index is 433. The van der Waals surface area contributed by atoms with Crippen molar-refractivity contribution in [1.29, 1.82) is 0 Å². The van der Waals surface area contributed by atoms with E-state index in [0.717, 1.165) is 19.3 Å². The van der Waals surface area contributed by atoms with Crippen LogP contribution in [-0.2, 0) is 9.53 Å². The van der Waals surface area contributed by atoms with Crippen LogP contribution in [0.3, 0.4) is 0 Å². The molecule has 6 heteroatoms. The van der Waals surface area contributed by atoms with Gasteiger partial charge in [-0.05, 0) is 25.3 Å². The first-order chi connectivity index (χ1) is 9.15. The van der Waals surface area contributed by atoms with Gasteiger partial charge in [0, 0.05) is 12.5 Å². The van der Waals surface area contributed by atoms with Crippen molar-refractivity contribution in [2.45, 2.75) is 25.7 Å². The lowest BCUT2D eigenvalue weighted by Gasteiger charge is -2.06. The lowest BCUT2D eigenvalue weighted by Crippen LogP contribution is -2.02. The van der Waals surface area contributed by atoms with E-state index in [1.165, 1.54) is 13.2 Å². The van der Waals surface area contributed by atoms with E-state index in [9.17, 15) is 14.9 Å². The van der Waals surface area contributed by atoms with Gasteiger partial charge in [-0.1, -0.05) is 12.1 Å². The first-order valence-corrected chi connectivity index (χ1v) is 6.08. The Morgan fingerprint density at radius 2 is 2.00 bits per heavy atom. The second kappa shape index (κ2) is 8.07. The van der Waals surface area contributed by atoms with Gasteiger partial charge in [-0.15, -0.1) is 0 Å². The van der Waals surface area contributed by atoms with Crippen LogP contribution >= 0.6 is 0 Å². The van der Waals surface area contributed by atoms with Crippen LogP contribution in [0.1, 0.15) is 25.7 Å². The molecule has 19 heavy (non-hydrogen) atoms. The van der Waals surface area contributed by atoms with Gasteiger partial charge in [0.15, 0.2) is 5.75 Å². The minimum Gasteiger partial charge on any atom is -0.487 e. The van der Waals surface area contributed by atoms with E-state index in [2.05, 4.69) is 4.74 Å². The highest BCUT2D eigenvalue weighted by Crippen LogP contribution is 2.25. The van der Waals surface area contributed by atoms with Gasteiger partial charge in [0.05, 0.1) is 18.6 Å². The fourth-order valence-electron chi connectivity index (χ4n) is 1.56. The van der Waals surface area contributed by atoms with Crippen molar-refractivity contribution in [3.63, 3.8) is 0 Å². The van der Waals surface area contributed by atoms with E-state index in [0.29, 0.717) is 13.0 Å². The quantitative estimate of drug-likeness (QED) is 0.313. The Morgan fingerprint density at radius 3 is 2.68 bits per heavy atom. The lowest BCUT2D eigenvalue weighted by atomic mass is 10.2. The Balaban J connectivity index is 2.26. The summed E-state index contributed by atoms with van der Waals surface area (Å²) >= 11 is 0.